The first kappa shape index (κ1) is 16.5. The van der Waals surface area contributed by atoms with Gasteiger partial charge in [0.2, 0.25) is 5.91 Å². The summed E-state index contributed by atoms with van der Waals surface area (Å²) in [6.45, 7) is 5.87. The summed E-state index contributed by atoms with van der Waals surface area (Å²) in [4.78, 5) is 16.5. The number of hydrogen-bond donors (Lipinski definition) is 1. The second kappa shape index (κ2) is 7.41. The van der Waals surface area contributed by atoms with Crippen LogP contribution in [0.5, 0.6) is 0 Å². The molecule has 22 heavy (non-hydrogen) atoms. The molecule has 0 bridgehead atoms. The van der Waals surface area contributed by atoms with Crippen LogP contribution in [0, 0.1) is 20.8 Å². The molecule has 1 amide bonds. The largest absolute Gasteiger partial charge is 0.324 e. The number of anilines is 1. The molecule has 0 saturated carbocycles. The van der Waals surface area contributed by atoms with Crippen molar-refractivity contribution in [1.29, 1.82) is 0 Å². The van der Waals surface area contributed by atoms with Gasteiger partial charge in [0.1, 0.15) is 0 Å². The van der Waals surface area contributed by atoms with Gasteiger partial charge in [-0.05, 0) is 62.9 Å². The van der Waals surface area contributed by atoms with E-state index >= 15 is 0 Å². The maximum Gasteiger partial charge on any atom is 0.224 e. The van der Waals surface area contributed by atoms with Crippen molar-refractivity contribution in [3.8, 4) is 0 Å². The molecular formula is C18H21ClN2O. The third kappa shape index (κ3) is 4.57. The lowest BCUT2D eigenvalue weighted by atomic mass is 10.1. The predicted octanol–water partition coefficient (Wildman–Crippen LogP) is 4.62. The Labute approximate surface area is 136 Å². The highest BCUT2D eigenvalue weighted by Crippen LogP contribution is 2.19. The molecule has 2 rings (SSSR count). The van der Waals surface area contributed by atoms with Gasteiger partial charge in [0.25, 0.3) is 0 Å². The third-order valence-electron chi connectivity index (χ3n) is 3.57. The van der Waals surface area contributed by atoms with E-state index < -0.39 is 0 Å². The SMILES string of the molecule is Cc1cc(C)c(NC(=O)CCCc2ccc(Cl)cc2)c(C)n1. The maximum absolute atomic E-state index is 12.1. The molecule has 0 unspecified atom stereocenters. The van der Waals surface area contributed by atoms with Crippen molar-refractivity contribution in [1.82, 2.24) is 4.98 Å². The topological polar surface area (TPSA) is 42.0 Å². The number of carbonyl (C=O) groups excluding carboxylic acids is 1. The maximum atomic E-state index is 12.1. The first-order chi connectivity index (χ1) is 10.5. The summed E-state index contributed by atoms with van der Waals surface area (Å²) in [7, 11) is 0. The second-order valence-electron chi connectivity index (χ2n) is 5.57. The van der Waals surface area contributed by atoms with Crippen LogP contribution in [0.3, 0.4) is 0 Å². The average molecular weight is 317 g/mol. The van der Waals surface area contributed by atoms with Gasteiger partial charge in [-0.15, -0.1) is 0 Å². The van der Waals surface area contributed by atoms with Crippen molar-refractivity contribution >= 4 is 23.2 Å². The molecule has 116 valence electrons. The van der Waals surface area contributed by atoms with Crippen LogP contribution in [0.4, 0.5) is 5.69 Å². The number of amides is 1. The van der Waals surface area contributed by atoms with Gasteiger partial charge in [-0.2, -0.15) is 0 Å². The number of carbonyl (C=O) groups is 1. The Balaban J connectivity index is 1.87. The number of pyridine rings is 1. The summed E-state index contributed by atoms with van der Waals surface area (Å²) in [5.41, 5.74) is 4.92. The first-order valence-electron chi connectivity index (χ1n) is 7.45. The Bertz CT molecular complexity index is 642. The molecule has 1 heterocycles. The molecule has 0 aliphatic heterocycles. The van der Waals surface area contributed by atoms with E-state index in [2.05, 4.69) is 10.3 Å². The van der Waals surface area contributed by atoms with E-state index in [0.717, 1.165) is 40.5 Å². The fraction of sp³-hybridized carbons (Fsp3) is 0.333. The van der Waals surface area contributed by atoms with Gasteiger partial charge in [-0.1, -0.05) is 23.7 Å². The second-order valence-corrected chi connectivity index (χ2v) is 6.01. The van der Waals surface area contributed by atoms with Gasteiger partial charge in [0.15, 0.2) is 0 Å². The van der Waals surface area contributed by atoms with Crippen LogP contribution in [-0.2, 0) is 11.2 Å². The molecule has 1 N–H and O–H groups in total. The highest BCUT2D eigenvalue weighted by molar-refractivity contribution is 6.30. The van der Waals surface area contributed by atoms with Gasteiger partial charge < -0.3 is 5.32 Å². The molecule has 4 heteroatoms. The third-order valence-corrected chi connectivity index (χ3v) is 3.82. The number of aromatic nitrogens is 1. The molecule has 0 aliphatic rings. The number of hydrogen-bond acceptors (Lipinski definition) is 2. The molecule has 3 nitrogen and oxygen atoms in total. The van der Waals surface area contributed by atoms with Crippen molar-refractivity contribution in [3.63, 3.8) is 0 Å². The van der Waals surface area contributed by atoms with Crippen molar-refractivity contribution < 1.29 is 4.79 Å². The Kier molecular flexibility index (Phi) is 5.56. The van der Waals surface area contributed by atoms with E-state index in [1.807, 2.05) is 51.1 Å². The number of nitrogens with one attached hydrogen (secondary N) is 1. The van der Waals surface area contributed by atoms with Crippen LogP contribution in [0.1, 0.15) is 35.4 Å². The normalized spacial score (nSPS) is 10.5. The van der Waals surface area contributed by atoms with Crippen molar-refractivity contribution in [2.75, 3.05) is 5.32 Å². The van der Waals surface area contributed by atoms with Gasteiger partial charge in [-0.3, -0.25) is 9.78 Å². The van der Waals surface area contributed by atoms with Crippen LogP contribution in [-0.4, -0.2) is 10.9 Å². The molecule has 0 spiro atoms. The van der Waals surface area contributed by atoms with Crippen molar-refractivity contribution in [2.24, 2.45) is 0 Å². The molecule has 1 aromatic heterocycles. The van der Waals surface area contributed by atoms with Crippen LogP contribution in [0.25, 0.3) is 0 Å². The van der Waals surface area contributed by atoms with E-state index in [4.69, 9.17) is 11.6 Å². The number of halogens is 1. The zero-order valence-electron chi connectivity index (χ0n) is 13.2. The Morgan fingerprint density at radius 2 is 1.86 bits per heavy atom. The number of rotatable bonds is 5. The molecule has 1 aromatic carbocycles. The lowest BCUT2D eigenvalue weighted by Crippen LogP contribution is -2.14. The monoisotopic (exact) mass is 316 g/mol. The molecule has 0 fully saturated rings. The Morgan fingerprint density at radius 1 is 1.18 bits per heavy atom. The standard InChI is InChI=1S/C18H21ClN2O/c1-12-11-13(2)20-14(3)18(12)21-17(22)6-4-5-15-7-9-16(19)10-8-15/h7-11H,4-6H2,1-3H3,(H,21,22). The lowest BCUT2D eigenvalue weighted by molar-refractivity contribution is -0.116. The molecule has 0 atom stereocenters. The summed E-state index contributed by atoms with van der Waals surface area (Å²) in [6.07, 6.45) is 2.18. The summed E-state index contributed by atoms with van der Waals surface area (Å²) in [5.74, 6) is 0.0332. The molecule has 2 aromatic rings. The van der Waals surface area contributed by atoms with Crippen LogP contribution < -0.4 is 5.32 Å². The smallest absolute Gasteiger partial charge is 0.224 e. The minimum absolute atomic E-state index is 0.0332. The zero-order chi connectivity index (χ0) is 16.1. The summed E-state index contributed by atoms with van der Waals surface area (Å²) in [5, 5.41) is 3.71. The number of aryl methyl sites for hydroxylation is 4. The minimum Gasteiger partial charge on any atom is -0.324 e. The average Bonchev–Trinajstić information content (AvgIpc) is 2.45. The van der Waals surface area contributed by atoms with Crippen LogP contribution in [0.2, 0.25) is 5.02 Å². The van der Waals surface area contributed by atoms with Gasteiger partial charge in [0, 0.05) is 17.1 Å². The summed E-state index contributed by atoms with van der Waals surface area (Å²) < 4.78 is 0. The molecular weight excluding hydrogens is 296 g/mol. The number of nitrogens with zero attached hydrogens (tertiary/aromatic N) is 1. The molecule has 0 saturated heterocycles. The summed E-state index contributed by atoms with van der Waals surface area (Å²) >= 11 is 5.86. The van der Waals surface area contributed by atoms with Crippen molar-refractivity contribution in [2.45, 2.75) is 40.0 Å². The molecule has 0 aliphatic carbocycles. The van der Waals surface area contributed by atoms with E-state index in [9.17, 15) is 4.79 Å². The van der Waals surface area contributed by atoms with E-state index in [0.29, 0.717) is 6.42 Å². The first-order valence-corrected chi connectivity index (χ1v) is 7.82. The quantitative estimate of drug-likeness (QED) is 0.874. The fourth-order valence-corrected chi connectivity index (χ4v) is 2.64. The van der Waals surface area contributed by atoms with E-state index in [-0.39, 0.29) is 5.91 Å². The summed E-state index contributed by atoms with van der Waals surface area (Å²) in [6, 6.07) is 9.73. The predicted molar refractivity (Wildman–Crippen MR) is 91.5 cm³/mol. The minimum atomic E-state index is 0.0332. The zero-order valence-corrected chi connectivity index (χ0v) is 14.0. The number of benzene rings is 1. The van der Waals surface area contributed by atoms with E-state index in [1.54, 1.807) is 0 Å². The Hall–Kier alpha value is -1.87. The Morgan fingerprint density at radius 3 is 2.50 bits per heavy atom. The van der Waals surface area contributed by atoms with Crippen LogP contribution >= 0.6 is 11.6 Å². The van der Waals surface area contributed by atoms with Crippen molar-refractivity contribution in [3.05, 3.63) is 57.9 Å². The van der Waals surface area contributed by atoms with E-state index in [1.165, 1.54) is 5.56 Å². The highest BCUT2D eigenvalue weighted by Gasteiger charge is 2.09. The van der Waals surface area contributed by atoms with Crippen LogP contribution in [0.15, 0.2) is 30.3 Å². The molecule has 0 radical (unpaired) electrons. The van der Waals surface area contributed by atoms with Gasteiger partial charge in [0.05, 0.1) is 11.4 Å². The highest BCUT2D eigenvalue weighted by atomic mass is 35.5. The fourth-order valence-electron chi connectivity index (χ4n) is 2.52. The lowest BCUT2D eigenvalue weighted by Gasteiger charge is -2.12. The van der Waals surface area contributed by atoms with Gasteiger partial charge in [-0.25, -0.2) is 0 Å². The van der Waals surface area contributed by atoms with Gasteiger partial charge >= 0.3 is 0 Å².